The number of nitrogens with two attached hydrogens (primary N) is 1. The highest BCUT2D eigenvalue weighted by molar-refractivity contribution is 6.02. The molecule has 1 aromatic carbocycles. The van der Waals surface area contributed by atoms with Gasteiger partial charge in [0.25, 0.3) is 5.91 Å². The van der Waals surface area contributed by atoms with E-state index in [4.69, 9.17) is 5.73 Å². The van der Waals surface area contributed by atoms with Crippen molar-refractivity contribution in [1.29, 1.82) is 0 Å². The summed E-state index contributed by atoms with van der Waals surface area (Å²) in [5.41, 5.74) is 5.82. The molecule has 0 bridgehead atoms. The van der Waals surface area contributed by atoms with Crippen molar-refractivity contribution in [2.45, 2.75) is 12.1 Å². The number of benzene rings is 1. The molecular weight excluding hydrogens is 366 g/mol. The van der Waals surface area contributed by atoms with Gasteiger partial charge in [0.2, 0.25) is 0 Å². The molecule has 7 nitrogen and oxygen atoms in total. The Hall–Kier alpha value is -3.62. The smallest absolute Gasteiger partial charge is 0.274 e. The van der Waals surface area contributed by atoms with Crippen LogP contribution < -0.4 is 11.1 Å². The topological polar surface area (TPSA) is 98.2 Å². The first kappa shape index (κ1) is 17.8. The van der Waals surface area contributed by atoms with Crippen LogP contribution in [-0.4, -0.2) is 33.0 Å². The van der Waals surface area contributed by atoms with E-state index in [2.05, 4.69) is 20.3 Å². The second kappa shape index (κ2) is 6.84. The molecule has 0 saturated carbocycles. The largest absolute Gasteiger partial charge is 0.381 e. The van der Waals surface area contributed by atoms with E-state index >= 15 is 0 Å². The maximum Gasteiger partial charge on any atom is 0.274 e. The molecule has 9 heteroatoms. The van der Waals surface area contributed by atoms with E-state index in [1.54, 1.807) is 41.2 Å². The van der Waals surface area contributed by atoms with Crippen LogP contribution in [0.15, 0.2) is 60.0 Å². The number of aliphatic imine (C=N–C) groups is 1. The number of rotatable bonds is 4. The summed E-state index contributed by atoms with van der Waals surface area (Å²) in [4.78, 5) is 24.6. The van der Waals surface area contributed by atoms with Gasteiger partial charge in [-0.25, -0.2) is 23.7 Å². The quantitative estimate of drug-likeness (QED) is 0.723. The van der Waals surface area contributed by atoms with Crippen molar-refractivity contribution in [3.63, 3.8) is 0 Å². The Labute approximate surface area is 159 Å². The predicted molar refractivity (Wildman–Crippen MR) is 99.2 cm³/mol. The number of hydrogen-bond acceptors (Lipinski definition) is 5. The molecule has 142 valence electrons. The Morgan fingerprint density at radius 1 is 1.29 bits per heavy atom. The standard InChI is InChI=1S/C19H16F2N6O/c20-10-19(11-27-7-6-23-17(27)16(22)26-19)12-2-1-3-14(8-12)25-18(28)15-5-4-13(21)9-24-15/h1-9H,10-11H2,(H2,22,26)(H,25,28). The van der Waals surface area contributed by atoms with E-state index < -0.39 is 23.9 Å². The van der Waals surface area contributed by atoms with Gasteiger partial charge in [-0.1, -0.05) is 12.1 Å². The zero-order valence-corrected chi connectivity index (χ0v) is 14.6. The fourth-order valence-corrected chi connectivity index (χ4v) is 3.16. The van der Waals surface area contributed by atoms with Crippen molar-refractivity contribution < 1.29 is 13.6 Å². The second-order valence-electron chi connectivity index (χ2n) is 6.44. The molecule has 4 rings (SSSR count). The minimum absolute atomic E-state index is 0.0648. The van der Waals surface area contributed by atoms with Crippen LogP contribution in [0.25, 0.3) is 0 Å². The lowest BCUT2D eigenvalue weighted by Gasteiger charge is -2.32. The number of alkyl halides is 1. The number of anilines is 1. The molecule has 0 fully saturated rings. The highest BCUT2D eigenvalue weighted by atomic mass is 19.1. The summed E-state index contributed by atoms with van der Waals surface area (Å²) in [6, 6.07) is 9.15. The third kappa shape index (κ3) is 3.11. The second-order valence-corrected chi connectivity index (χ2v) is 6.44. The Morgan fingerprint density at radius 3 is 2.89 bits per heavy atom. The highest BCUT2D eigenvalue weighted by Crippen LogP contribution is 2.33. The normalized spacial score (nSPS) is 18.3. The van der Waals surface area contributed by atoms with Gasteiger partial charge in [0.15, 0.2) is 11.7 Å². The molecule has 1 unspecified atom stereocenters. The van der Waals surface area contributed by atoms with Crippen LogP contribution in [0, 0.1) is 5.82 Å². The van der Waals surface area contributed by atoms with Crippen molar-refractivity contribution in [1.82, 2.24) is 14.5 Å². The minimum Gasteiger partial charge on any atom is -0.381 e. The fraction of sp³-hybridized carbons (Fsp3) is 0.158. The van der Waals surface area contributed by atoms with Gasteiger partial charge >= 0.3 is 0 Å². The minimum atomic E-state index is -1.22. The Kier molecular flexibility index (Phi) is 4.34. The van der Waals surface area contributed by atoms with E-state index in [0.717, 1.165) is 12.3 Å². The molecule has 3 heterocycles. The maximum absolute atomic E-state index is 14.2. The van der Waals surface area contributed by atoms with Gasteiger partial charge in [-0.2, -0.15) is 0 Å². The molecule has 3 N–H and O–H groups in total. The summed E-state index contributed by atoms with van der Waals surface area (Å²) in [5.74, 6) is -0.389. The van der Waals surface area contributed by atoms with Crippen molar-refractivity contribution in [2.75, 3.05) is 12.0 Å². The van der Waals surface area contributed by atoms with Crippen LogP contribution in [-0.2, 0) is 12.1 Å². The summed E-state index contributed by atoms with van der Waals surface area (Å²) in [7, 11) is 0. The number of imidazole rings is 1. The van der Waals surface area contributed by atoms with Gasteiger partial charge < -0.3 is 15.6 Å². The third-order valence-electron chi connectivity index (χ3n) is 4.55. The van der Waals surface area contributed by atoms with Gasteiger partial charge in [0.1, 0.15) is 23.7 Å². The van der Waals surface area contributed by atoms with E-state index in [0.29, 0.717) is 17.1 Å². The Balaban J connectivity index is 1.64. The van der Waals surface area contributed by atoms with Crippen molar-refractivity contribution in [3.8, 4) is 0 Å². The molecule has 1 atom stereocenters. The molecular formula is C19H16F2N6O. The van der Waals surface area contributed by atoms with E-state index in [1.807, 2.05) is 0 Å². The fourth-order valence-electron chi connectivity index (χ4n) is 3.16. The number of carbonyl (C=O) groups is 1. The molecule has 0 radical (unpaired) electrons. The van der Waals surface area contributed by atoms with E-state index in [9.17, 15) is 13.6 Å². The van der Waals surface area contributed by atoms with Crippen LogP contribution in [0.1, 0.15) is 21.9 Å². The molecule has 0 aliphatic carbocycles. The third-order valence-corrected chi connectivity index (χ3v) is 4.55. The average molecular weight is 382 g/mol. The molecule has 2 aromatic heterocycles. The van der Waals surface area contributed by atoms with E-state index in [-0.39, 0.29) is 18.1 Å². The Morgan fingerprint density at radius 2 is 2.14 bits per heavy atom. The van der Waals surface area contributed by atoms with Crippen LogP contribution in [0.3, 0.4) is 0 Å². The van der Waals surface area contributed by atoms with Crippen LogP contribution in [0.2, 0.25) is 0 Å². The molecule has 28 heavy (non-hydrogen) atoms. The summed E-state index contributed by atoms with van der Waals surface area (Å²) >= 11 is 0. The number of aromatic nitrogens is 3. The summed E-state index contributed by atoms with van der Waals surface area (Å²) < 4.78 is 28.9. The van der Waals surface area contributed by atoms with Gasteiger partial charge in [0.05, 0.1) is 12.7 Å². The lowest BCUT2D eigenvalue weighted by Crippen LogP contribution is -2.40. The van der Waals surface area contributed by atoms with Crippen LogP contribution in [0.4, 0.5) is 14.5 Å². The van der Waals surface area contributed by atoms with Crippen molar-refractivity contribution in [2.24, 2.45) is 10.7 Å². The number of fused-ring (bicyclic) bond motifs is 1. The summed E-state index contributed by atoms with van der Waals surface area (Å²) in [5, 5.41) is 2.68. The van der Waals surface area contributed by atoms with Gasteiger partial charge in [-0.15, -0.1) is 0 Å². The van der Waals surface area contributed by atoms with Crippen LogP contribution in [0.5, 0.6) is 0 Å². The monoisotopic (exact) mass is 382 g/mol. The number of amidine groups is 1. The number of amides is 1. The summed E-state index contributed by atoms with van der Waals surface area (Å²) in [6.07, 6.45) is 4.26. The van der Waals surface area contributed by atoms with E-state index in [1.165, 1.54) is 6.07 Å². The number of nitrogens with zero attached hydrogens (tertiary/aromatic N) is 4. The molecule has 0 spiro atoms. The van der Waals surface area contributed by atoms with Crippen molar-refractivity contribution in [3.05, 3.63) is 77.9 Å². The Bertz CT molecular complexity index is 1060. The average Bonchev–Trinajstić information content (AvgIpc) is 3.17. The first-order valence-corrected chi connectivity index (χ1v) is 8.47. The lowest BCUT2D eigenvalue weighted by atomic mass is 9.90. The van der Waals surface area contributed by atoms with Gasteiger partial charge in [-0.05, 0) is 29.8 Å². The molecule has 1 amide bonds. The molecule has 3 aromatic rings. The van der Waals surface area contributed by atoms with Gasteiger partial charge in [0, 0.05) is 18.1 Å². The number of nitrogens with one attached hydrogen (secondary N) is 1. The summed E-state index contributed by atoms with van der Waals surface area (Å²) in [6.45, 7) is -0.543. The SMILES string of the molecule is NC1=NC(CF)(c2cccc(NC(=O)c3ccc(F)cn3)c2)Cn2ccnc21. The first-order valence-electron chi connectivity index (χ1n) is 8.47. The maximum atomic E-state index is 14.2. The van der Waals surface area contributed by atoms with Crippen LogP contribution >= 0.6 is 0 Å². The zero-order chi connectivity index (χ0) is 19.7. The molecule has 0 saturated heterocycles. The number of pyridine rings is 1. The van der Waals surface area contributed by atoms with Crippen molar-refractivity contribution >= 4 is 17.4 Å². The number of halogens is 2. The number of hydrogen-bond donors (Lipinski definition) is 2. The zero-order valence-electron chi connectivity index (χ0n) is 14.6. The van der Waals surface area contributed by atoms with Gasteiger partial charge in [-0.3, -0.25) is 4.79 Å². The molecule has 1 aliphatic rings. The molecule has 1 aliphatic heterocycles. The number of carbonyl (C=O) groups excluding carboxylic acids is 1. The lowest BCUT2D eigenvalue weighted by molar-refractivity contribution is 0.102. The first-order chi connectivity index (χ1) is 13.5. The highest BCUT2D eigenvalue weighted by Gasteiger charge is 2.37. The predicted octanol–water partition coefficient (Wildman–Crippen LogP) is 2.25.